The highest BCUT2D eigenvalue weighted by atomic mass is 127. The van der Waals surface area contributed by atoms with Crippen molar-refractivity contribution in [2.24, 2.45) is 0 Å². The van der Waals surface area contributed by atoms with Gasteiger partial charge in [0.1, 0.15) is 3.70 Å². The van der Waals surface area contributed by atoms with E-state index in [0.717, 1.165) is 6.07 Å². The van der Waals surface area contributed by atoms with Gasteiger partial charge in [0.05, 0.1) is 12.7 Å². The van der Waals surface area contributed by atoms with E-state index in [9.17, 15) is 18.0 Å². The second-order valence-corrected chi connectivity index (χ2v) is 3.56. The lowest BCUT2D eigenvalue weighted by Gasteiger charge is -2.11. The average Bonchev–Trinajstić information content (AvgIpc) is 2.18. The van der Waals surface area contributed by atoms with E-state index in [1.165, 1.54) is 7.11 Å². The molecular formula is C8H5F3INO3. The Labute approximate surface area is 102 Å². The first-order valence-electron chi connectivity index (χ1n) is 3.83. The molecule has 0 amide bonds. The Bertz CT molecular complexity index is 408. The first-order chi connectivity index (χ1) is 7.37. The minimum Gasteiger partial charge on any atom is -0.480 e. The molecule has 1 heterocycles. The fourth-order valence-corrected chi connectivity index (χ4v) is 1.40. The molecule has 0 aliphatic heterocycles. The lowest BCUT2D eigenvalue weighted by Crippen LogP contribution is -2.18. The Morgan fingerprint density at radius 1 is 1.50 bits per heavy atom. The van der Waals surface area contributed by atoms with Gasteiger partial charge >= 0.3 is 6.36 Å². The van der Waals surface area contributed by atoms with Crippen molar-refractivity contribution < 1.29 is 27.4 Å². The number of aldehydes is 1. The van der Waals surface area contributed by atoms with Crippen molar-refractivity contribution in [3.8, 4) is 11.6 Å². The minimum atomic E-state index is -4.82. The number of ether oxygens (including phenoxy) is 2. The summed E-state index contributed by atoms with van der Waals surface area (Å²) in [6.07, 6.45) is -4.48. The van der Waals surface area contributed by atoms with E-state index >= 15 is 0 Å². The zero-order valence-electron chi connectivity index (χ0n) is 7.84. The summed E-state index contributed by atoms with van der Waals surface area (Å²) in [7, 11) is 1.26. The molecule has 0 bridgehead atoms. The summed E-state index contributed by atoms with van der Waals surface area (Å²) in [6.45, 7) is 0. The third kappa shape index (κ3) is 3.22. The lowest BCUT2D eigenvalue weighted by molar-refractivity contribution is -0.275. The molecule has 0 aromatic carbocycles. The van der Waals surface area contributed by atoms with Crippen LogP contribution in [0.25, 0.3) is 0 Å². The monoisotopic (exact) mass is 347 g/mol. The lowest BCUT2D eigenvalue weighted by atomic mass is 10.3. The molecule has 88 valence electrons. The summed E-state index contributed by atoms with van der Waals surface area (Å²) in [5.41, 5.74) is -0.109. The molecule has 0 aliphatic rings. The molecule has 1 aromatic rings. The Kier molecular flexibility index (Phi) is 3.94. The van der Waals surface area contributed by atoms with Crippen molar-refractivity contribution in [3.63, 3.8) is 0 Å². The second kappa shape index (κ2) is 4.85. The molecule has 8 heteroatoms. The van der Waals surface area contributed by atoms with Crippen LogP contribution in [0.1, 0.15) is 10.4 Å². The molecule has 0 fully saturated rings. The number of alkyl halides is 3. The molecule has 1 aromatic heterocycles. The fourth-order valence-electron chi connectivity index (χ4n) is 0.915. The van der Waals surface area contributed by atoms with Crippen LogP contribution in [0, 0.1) is 3.70 Å². The van der Waals surface area contributed by atoms with E-state index in [4.69, 9.17) is 4.74 Å². The molecule has 1 rings (SSSR count). The number of pyridine rings is 1. The normalized spacial score (nSPS) is 11.1. The maximum Gasteiger partial charge on any atom is 0.573 e. The van der Waals surface area contributed by atoms with E-state index in [1.807, 2.05) is 0 Å². The Hall–Kier alpha value is -1.06. The quantitative estimate of drug-likeness (QED) is 0.479. The minimum absolute atomic E-state index is 0.0441. The highest BCUT2D eigenvalue weighted by Gasteiger charge is 2.32. The second-order valence-electron chi connectivity index (χ2n) is 2.54. The van der Waals surface area contributed by atoms with Crippen molar-refractivity contribution in [3.05, 3.63) is 15.3 Å². The summed E-state index contributed by atoms with van der Waals surface area (Å²) >= 11 is 1.55. The number of methoxy groups -OCH3 is 1. The van der Waals surface area contributed by atoms with Crippen LogP contribution in [0.15, 0.2) is 6.07 Å². The van der Waals surface area contributed by atoms with Crippen LogP contribution in [0.5, 0.6) is 11.6 Å². The van der Waals surface area contributed by atoms with Gasteiger partial charge in [-0.15, -0.1) is 13.2 Å². The van der Waals surface area contributed by atoms with Gasteiger partial charge in [-0.2, -0.15) is 0 Å². The maximum absolute atomic E-state index is 12.0. The molecule has 0 N–H and O–H groups in total. The van der Waals surface area contributed by atoms with Gasteiger partial charge in [0.25, 0.3) is 0 Å². The smallest absolute Gasteiger partial charge is 0.480 e. The molecule has 0 saturated heterocycles. The van der Waals surface area contributed by atoms with Crippen molar-refractivity contribution in [1.29, 1.82) is 0 Å². The summed E-state index contributed by atoms with van der Waals surface area (Å²) in [6, 6.07) is 0.925. The van der Waals surface area contributed by atoms with Gasteiger partial charge in [-0.3, -0.25) is 4.79 Å². The predicted molar refractivity (Wildman–Crippen MR) is 55.6 cm³/mol. The number of nitrogens with zero attached hydrogens (tertiary/aromatic N) is 1. The molecule has 4 nitrogen and oxygen atoms in total. The summed E-state index contributed by atoms with van der Waals surface area (Å²) in [5, 5.41) is 0. The van der Waals surface area contributed by atoms with Crippen LogP contribution >= 0.6 is 22.6 Å². The zero-order valence-corrected chi connectivity index (χ0v) is 10.00. The largest absolute Gasteiger partial charge is 0.573 e. The summed E-state index contributed by atoms with van der Waals surface area (Å²) in [4.78, 5) is 14.2. The maximum atomic E-state index is 12.0. The SMILES string of the molecule is COc1nc(I)c(OC(F)(F)F)cc1C=O. The molecular weight excluding hydrogens is 342 g/mol. The van der Waals surface area contributed by atoms with Crippen LogP contribution in [0.2, 0.25) is 0 Å². The zero-order chi connectivity index (χ0) is 12.3. The van der Waals surface area contributed by atoms with Gasteiger partial charge in [0, 0.05) is 0 Å². The van der Waals surface area contributed by atoms with E-state index in [1.54, 1.807) is 22.6 Å². The van der Waals surface area contributed by atoms with Gasteiger partial charge in [-0.1, -0.05) is 0 Å². The number of rotatable bonds is 3. The predicted octanol–water partition coefficient (Wildman–Crippen LogP) is 2.41. The number of hydrogen-bond donors (Lipinski definition) is 0. The first-order valence-corrected chi connectivity index (χ1v) is 4.90. The van der Waals surface area contributed by atoms with Gasteiger partial charge in [0.15, 0.2) is 12.0 Å². The molecule has 0 unspecified atom stereocenters. The number of halogens is 4. The number of aromatic nitrogens is 1. The van der Waals surface area contributed by atoms with Crippen molar-refractivity contribution >= 4 is 28.9 Å². The topological polar surface area (TPSA) is 48.4 Å². The highest BCUT2D eigenvalue weighted by Crippen LogP contribution is 2.30. The standard InChI is InChI=1S/C8H5F3INO3/c1-15-7-4(3-14)2-5(6(12)13-7)16-8(9,10)11/h2-3H,1H3. The van der Waals surface area contributed by atoms with Crippen LogP contribution < -0.4 is 9.47 Å². The Balaban J connectivity index is 3.16. The third-order valence-electron chi connectivity index (χ3n) is 1.48. The Morgan fingerprint density at radius 3 is 2.56 bits per heavy atom. The molecule has 0 radical (unpaired) electrons. The summed E-state index contributed by atoms with van der Waals surface area (Å²) in [5.74, 6) is -0.579. The van der Waals surface area contributed by atoms with Crippen molar-refractivity contribution in [2.45, 2.75) is 6.36 Å². The average molecular weight is 347 g/mol. The van der Waals surface area contributed by atoms with Gasteiger partial charge in [0.2, 0.25) is 5.88 Å². The number of carbonyl (C=O) groups is 1. The van der Waals surface area contributed by atoms with Crippen LogP contribution in [0.3, 0.4) is 0 Å². The van der Waals surface area contributed by atoms with Crippen molar-refractivity contribution in [1.82, 2.24) is 4.98 Å². The molecule has 0 saturated carbocycles. The van der Waals surface area contributed by atoms with E-state index in [0.29, 0.717) is 6.29 Å². The van der Waals surface area contributed by atoms with Gasteiger partial charge in [-0.25, -0.2) is 4.98 Å². The van der Waals surface area contributed by atoms with Crippen LogP contribution in [-0.4, -0.2) is 24.7 Å². The van der Waals surface area contributed by atoms with Crippen LogP contribution in [-0.2, 0) is 0 Å². The van der Waals surface area contributed by atoms with Crippen molar-refractivity contribution in [2.75, 3.05) is 7.11 Å². The van der Waals surface area contributed by atoms with E-state index < -0.39 is 12.1 Å². The highest BCUT2D eigenvalue weighted by molar-refractivity contribution is 14.1. The van der Waals surface area contributed by atoms with Crippen LogP contribution in [0.4, 0.5) is 13.2 Å². The third-order valence-corrected chi connectivity index (χ3v) is 2.26. The molecule has 0 spiro atoms. The van der Waals surface area contributed by atoms with Gasteiger partial charge < -0.3 is 9.47 Å². The first kappa shape index (κ1) is 13.0. The Morgan fingerprint density at radius 2 is 2.12 bits per heavy atom. The van der Waals surface area contributed by atoms with E-state index in [-0.39, 0.29) is 15.1 Å². The fraction of sp³-hybridized carbons (Fsp3) is 0.250. The van der Waals surface area contributed by atoms with E-state index in [2.05, 4.69) is 9.72 Å². The molecule has 0 atom stereocenters. The molecule has 16 heavy (non-hydrogen) atoms. The molecule has 0 aliphatic carbocycles. The number of hydrogen-bond acceptors (Lipinski definition) is 4. The summed E-state index contributed by atoms with van der Waals surface area (Å²) < 4.78 is 44.3. The number of carbonyl (C=O) groups excluding carboxylic acids is 1. The van der Waals surface area contributed by atoms with Gasteiger partial charge in [-0.05, 0) is 28.7 Å².